The minimum absolute atomic E-state index is 0.198. The van der Waals surface area contributed by atoms with Crippen molar-refractivity contribution in [2.75, 3.05) is 13.6 Å². The number of nitrogens with two attached hydrogens (primary N) is 1. The molecule has 1 aliphatic carbocycles. The average Bonchev–Trinajstić information content (AvgIpc) is 2.98. The van der Waals surface area contributed by atoms with Gasteiger partial charge in [-0.2, -0.15) is 0 Å². The van der Waals surface area contributed by atoms with E-state index in [2.05, 4.69) is 50.2 Å². The van der Waals surface area contributed by atoms with Gasteiger partial charge in [0, 0.05) is 23.0 Å². The third-order valence-corrected chi connectivity index (χ3v) is 6.56. The van der Waals surface area contributed by atoms with Crippen molar-refractivity contribution >= 4 is 11.3 Å². The summed E-state index contributed by atoms with van der Waals surface area (Å²) in [7, 11) is 2.31. The van der Waals surface area contributed by atoms with Gasteiger partial charge in [-0.3, -0.25) is 4.90 Å². The molecule has 1 aromatic heterocycles. The Balaban J connectivity index is 2.16. The van der Waals surface area contributed by atoms with Crippen molar-refractivity contribution in [2.45, 2.75) is 64.5 Å². The van der Waals surface area contributed by atoms with Crippen LogP contribution >= 0.6 is 11.3 Å². The van der Waals surface area contributed by atoms with Crippen LogP contribution in [0.4, 0.5) is 0 Å². The first-order chi connectivity index (χ1) is 10.0. The molecule has 1 saturated carbocycles. The Morgan fingerprint density at radius 2 is 2.14 bits per heavy atom. The summed E-state index contributed by atoms with van der Waals surface area (Å²) >= 11 is 1.87. The van der Waals surface area contributed by atoms with Crippen LogP contribution in [-0.2, 0) is 6.42 Å². The zero-order valence-electron chi connectivity index (χ0n) is 14.1. The summed E-state index contributed by atoms with van der Waals surface area (Å²) in [5, 5.41) is 2.18. The maximum atomic E-state index is 6.34. The minimum atomic E-state index is 0.198. The average molecular weight is 309 g/mol. The molecule has 0 amide bonds. The summed E-state index contributed by atoms with van der Waals surface area (Å²) in [4.78, 5) is 4.11. The molecule has 3 heteroatoms. The van der Waals surface area contributed by atoms with Gasteiger partial charge in [0.05, 0.1) is 0 Å². The predicted octanol–water partition coefficient (Wildman–Crippen LogP) is 4.15. The Morgan fingerprint density at radius 1 is 1.38 bits per heavy atom. The highest BCUT2D eigenvalue weighted by Gasteiger charge is 2.45. The standard InChI is InChI=1S/C18H32N2S/c1-14(2)17-9-5-6-10-18(17,13-19)20(4)15(3)12-16-8-7-11-21-16/h7-8,11,14-15,17H,5-6,9-10,12-13,19H2,1-4H3. The first-order valence-corrected chi connectivity index (χ1v) is 9.34. The van der Waals surface area contributed by atoms with Crippen LogP contribution in [0, 0.1) is 11.8 Å². The SMILES string of the molecule is CC(C)C1CCCCC1(CN)N(C)C(C)Cc1cccs1. The van der Waals surface area contributed by atoms with Gasteiger partial charge in [-0.05, 0) is 56.5 Å². The van der Waals surface area contributed by atoms with Crippen LogP contribution in [-0.4, -0.2) is 30.1 Å². The van der Waals surface area contributed by atoms with Gasteiger partial charge < -0.3 is 5.73 Å². The van der Waals surface area contributed by atoms with E-state index >= 15 is 0 Å². The number of hydrogen-bond donors (Lipinski definition) is 1. The zero-order chi connectivity index (χ0) is 15.5. The van der Waals surface area contributed by atoms with Gasteiger partial charge in [0.2, 0.25) is 0 Å². The summed E-state index contributed by atoms with van der Waals surface area (Å²) in [5.74, 6) is 1.44. The van der Waals surface area contributed by atoms with Gasteiger partial charge in [0.25, 0.3) is 0 Å². The molecular weight excluding hydrogens is 276 g/mol. The van der Waals surface area contributed by atoms with E-state index in [1.54, 1.807) is 0 Å². The van der Waals surface area contributed by atoms with Crippen LogP contribution in [0.5, 0.6) is 0 Å². The highest BCUT2D eigenvalue weighted by Crippen LogP contribution is 2.42. The molecule has 0 saturated heterocycles. The second kappa shape index (κ2) is 7.26. The number of likely N-dealkylation sites (N-methyl/N-ethyl adjacent to an activating group) is 1. The van der Waals surface area contributed by atoms with E-state index in [0.29, 0.717) is 12.0 Å². The van der Waals surface area contributed by atoms with Crippen molar-refractivity contribution in [2.24, 2.45) is 17.6 Å². The van der Waals surface area contributed by atoms with Gasteiger partial charge in [0.1, 0.15) is 0 Å². The quantitative estimate of drug-likeness (QED) is 0.855. The lowest BCUT2D eigenvalue weighted by atomic mass is 9.66. The van der Waals surface area contributed by atoms with Gasteiger partial charge in [-0.25, -0.2) is 0 Å². The number of hydrogen-bond acceptors (Lipinski definition) is 3. The Labute approximate surface area is 134 Å². The lowest BCUT2D eigenvalue weighted by Gasteiger charge is -2.53. The Hall–Kier alpha value is -0.380. The fourth-order valence-corrected chi connectivity index (χ4v) is 5.16. The highest BCUT2D eigenvalue weighted by molar-refractivity contribution is 7.09. The maximum absolute atomic E-state index is 6.34. The van der Waals surface area contributed by atoms with Crippen LogP contribution in [0.25, 0.3) is 0 Å². The second-order valence-corrected chi connectivity index (χ2v) is 8.18. The van der Waals surface area contributed by atoms with Gasteiger partial charge in [-0.1, -0.05) is 32.8 Å². The Morgan fingerprint density at radius 3 is 2.71 bits per heavy atom. The highest BCUT2D eigenvalue weighted by atomic mass is 32.1. The molecule has 1 aliphatic rings. The predicted molar refractivity (Wildman–Crippen MR) is 93.8 cm³/mol. The van der Waals surface area contributed by atoms with Crippen molar-refractivity contribution in [3.8, 4) is 0 Å². The summed E-state index contributed by atoms with van der Waals surface area (Å²) in [6.45, 7) is 7.90. The number of thiophene rings is 1. The topological polar surface area (TPSA) is 29.3 Å². The minimum Gasteiger partial charge on any atom is -0.329 e. The van der Waals surface area contributed by atoms with E-state index in [9.17, 15) is 0 Å². The van der Waals surface area contributed by atoms with Crippen LogP contribution in [0.1, 0.15) is 51.3 Å². The molecular formula is C18H32N2S. The summed E-state index contributed by atoms with van der Waals surface area (Å²) in [6.07, 6.45) is 6.44. The Bertz CT molecular complexity index is 415. The van der Waals surface area contributed by atoms with Crippen LogP contribution in [0.2, 0.25) is 0 Å². The molecule has 0 aromatic carbocycles. The smallest absolute Gasteiger partial charge is 0.0362 e. The molecule has 1 fully saturated rings. The number of nitrogens with zero attached hydrogens (tertiary/aromatic N) is 1. The molecule has 0 aliphatic heterocycles. The molecule has 1 aromatic rings. The summed E-state index contributed by atoms with van der Waals surface area (Å²) in [6, 6.07) is 4.96. The van der Waals surface area contributed by atoms with E-state index in [-0.39, 0.29) is 5.54 Å². The fourth-order valence-electron chi connectivity index (χ4n) is 4.33. The monoisotopic (exact) mass is 308 g/mol. The van der Waals surface area contributed by atoms with Crippen LogP contribution in [0.15, 0.2) is 17.5 Å². The molecule has 3 unspecified atom stereocenters. The van der Waals surface area contributed by atoms with Crippen molar-refractivity contribution in [1.29, 1.82) is 0 Å². The van der Waals surface area contributed by atoms with Crippen molar-refractivity contribution in [3.05, 3.63) is 22.4 Å². The lowest BCUT2D eigenvalue weighted by molar-refractivity contribution is -0.0185. The van der Waals surface area contributed by atoms with E-state index in [0.717, 1.165) is 18.9 Å². The van der Waals surface area contributed by atoms with Gasteiger partial charge in [-0.15, -0.1) is 11.3 Å². The van der Waals surface area contributed by atoms with E-state index in [1.807, 2.05) is 11.3 Å². The molecule has 120 valence electrons. The molecule has 2 nitrogen and oxygen atoms in total. The molecule has 2 rings (SSSR count). The van der Waals surface area contributed by atoms with Crippen molar-refractivity contribution < 1.29 is 0 Å². The molecule has 2 N–H and O–H groups in total. The Kier molecular flexibility index (Phi) is 5.87. The summed E-state index contributed by atoms with van der Waals surface area (Å²) in [5.41, 5.74) is 6.54. The molecule has 0 bridgehead atoms. The van der Waals surface area contributed by atoms with Crippen LogP contribution < -0.4 is 5.73 Å². The molecule has 3 atom stereocenters. The van der Waals surface area contributed by atoms with Crippen molar-refractivity contribution in [1.82, 2.24) is 4.90 Å². The molecule has 21 heavy (non-hydrogen) atoms. The number of rotatable bonds is 6. The second-order valence-electron chi connectivity index (χ2n) is 7.15. The lowest BCUT2D eigenvalue weighted by Crippen LogP contribution is -2.62. The normalized spacial score (nSPS) is 28.2. The van der Waals surface area contributed by atoms with Crippen LogP contribution in [0.3, 0.4) is 0 Å². The van der Waals surface area contributed by atoms with Gasteiger partial charge in [0.15, 0.2) is 0 Å². The maximum Gasteiger partial charge on any atom is 0.0362 e. The first kappa shape index (κ1) is 17.0. The van der Waals surface area contributed by atoms with Gasteiger partial charge >= 0.3 is 0 Å². The molecule has 0 spiro atoms. The molecule has 1 heterocycles. The first-order valence-electron chi connectivity index (χ1n) is 8.46. The summed E-state index contributed by atoms with van der Waals surface area (Å²) < 4.78 is 0. The van der Waals surface area contributed by atoms with E-state index in [1.165, 1.54) is 30.6 Å². The van der Waals surface area contributed by atoms with Crippen molar-refractivity contribution in [3.63, 3.8) is 0 Å². The molecule has 0 radical (unpaired) electrons. The van der Waals surface area contributed by atoms with E-state index in [4.69, 9.17) is 5.73 Å². The largest absolute Gasteiger partial charge is 0.329 e. The third kappa shape index (κ3) is 3.52. The fraction of sp³-hybridized carbons (Fsp3) is 0.778. The van der Waals surface area contributed by atoms with E-state index < -0.39 is 0 Å². The third-order valence-electron chi connectivity index (χ3n) is 5.66. The zero-order valence-corrected chi connectivity index (χ0v) is 15.0.